The van der Waals surface area contributed by atoms with Gasteiger partial charge in [-0.05, 0) is 55.3 Å². The van der Waals surface area contributed by atoms with E-state index in [9.17, 15) is 36.2 Å². The summed E-state index contributed by atoms with van der Waals surface area (Å²) in [6, 6.07) is 7.99. The second kappa shape index (κ2) is 14.7. The van der Waals surface area contributed by atoms with Gasteiger partial charge < -0.3 is 24.1 Å². The number of alkyl halides is 6. The van der Waals surface area contributed by atoms with Gasteiger partial charge in [-0.15, -0.1) is 0 Å². The molecule has 0 aliphatic heterocycles. The molecule has 0 unspecified atom stereocenters. The fourth-order valence-corrected chi connectivity index (χ4v) is 3.30. The average molecular weight is 595 g/mol. The van der Waals surface area contributed by atoms with Crippen molar-refractivity contribution in [3.8, 4) is 29.1 Å². The summed E-state index contributed by atoms with van der Waals surface area (Å²) in [6.07, 6.45) is -8.62. The molecule has 0 aromatic heterocycles. The Bertz CT molecular complexity index is 1210. The van der Waals surface area contributed by atoms with Crippen molar-refractivity contribution in [1.82, 2.24) is 0 Å². The Labute approximate surface area is 231 Å². The Balaban J connectivity index is 2.09. The van der Waals surface area contributed by atoms with Crippen molar-refractivity contribution in [1.29, 1.82) is 0 Å². The van der Waals surface area contributed by atoms with Gasteiger partial charge in [0.15, 0.2) is 19.3 Å². The highest BCUT2D eigenvalue weighted by Gasteiger charge is 2.30. The first kappa shape index (κ1) is 32.7. The van der Waals surface area contributed by atoms with Gasteiger partial charge in [0, 0.05) is 24.7 Å². The molecule has 218 valence electrons. The molecule has 1 atom stereocenters. The number of carboxylic acid groups (broad SMARTS) is 1. The minimum Gasteiger partial charge on any atom is -0.488 e. The molecule has 2 aromatic rings. The third kappa shape index (κ3) is 12.5. The van der Waals surface area contributed by atoms with E-state index in [0.29, 0.717) is 16.9 Å². The molecule has 0 saturated carbocycles. The summed E-state index contributed by atoms with van der Waals surface area (Å²) in [5.74, 6) is 3.88. The first-order chi connectivity index (χ1) is 18.6. The molecular weight excluding hydrogens is 570 g/mol. The monoisotopic (exact) mass is 594 g/mol. The van der Waals surface area contributed by atoms with Crippen LogP contribution in [0.15, 0.2) is 48.0 Å². The van der Waals surface area contributed by atoms with Gasteiger partial charge in [-0.3, -0.25) is 0 Å². The molecule has 0 fully saturated rings. The molecule has 0 radical (unpaired) electrons. The van der Waals surface area contributed by atoms with E-state index in [0.717, 1.165) is 18.2 Å². The quantitative estimate of drug-likeness (QED) is 0.220. The van der Waals surface area contributed by atoms with Crippen LogP contribution < -0.4 is 14.2 Å². The van der Waals surface area contributed by atoms with Crippen LogP contribution in [0, 0.1) is 11.8 Å². The van der Waals surface area contributed by atoms with Crippen molar-refractivity contribution < 1.29 is 55.2 Å². The Morgan fingerprint density at radius 2 is 1.60 bits per heavy atom. The highest BCUT2D eigenvalue weighted by molar-refractivity contribution is 6.32. The zero-order valence-electron chi connectivity index (χ0n) is 21.3. The Morgan fingerprint density at radius 1 is 1.00 bits per heavy atom. The maximum atomic E-state index is 12.5. The Morgan fingerprint density at radius 3 is 2.10 bits per heavy atom. The van der Waals surface area contributed by atoms with E-state index in [4.69, 9.17) is 21.1 Å². The smallest absolute Gasteiger partial charge is 0.422 e. The molecule has 0 aliphatic rings. The fraction of sp³-hybridized carbons (Fsp3) is 0.370. The Kier molecular flexibility index (Phi) is 12.0. The summed E-state index contributed by atoms with van der Waals surface area (Å²) in [5, 5.41) is 9.46. The molecule has 2 rings (SSSR count). The summed E-state index contributed by atoms with van der Waals surface area (Å²) < 4.78 is 95.1. The molecule has 0 heterocycles. The van der Waals surface area contributed by atoms with Gasteiger partial charge >= 0.3 is 18.3 Å². The van der Waals surface area contributed by atoms with Crippen LogP contribution in [0.5, 0.6) is 17.2 Å². The lowest BCUT2D eigenvalue weighted by Gasteiger charge is -2.13. The minimum absolute atomic E-state index is 0.0327. The SMILES string of the molecule is CCO[C@@H](Cc1ccc(OC/C=C(/C)C#Cc2cc(OCC(F)(F)F)cc(OCC(F)(F)F)c2)c(Cl)c1)C(=O)O. The number of rotatable bonds is 12. The van der Waals surface area contributed by atoms with Crippen molar-refractivity contribution in [2.75, 3.05) is 26.4 Å². The summed E-state index contributed by atoms with van der Waals surface area (Å²) in [6.45, 7) is 0.292. The van der Waals surface area contributed by atoms with Gasteiger partial charge in [-0.1, -0.05) is 29.5 Å². The average Bonchev–Trinajstić information content (AvgIpc) is 2.85. The second-order valence-corrected chi connectivity index (χ2v) is 8.61. The van der Waals surface area contributed by atoms with Crippen LogP contribution in [-0.2, 0) is 16.0 Å². The maximum Gasteiger partial charge on any atom is 0.422 e. The molecule has 0 spiro atoms. The fourth-order valence-electron chi connectivity index (χ4n) is 3.04. The minimum atomic E-state index is -4.65. The Hall–Kier alpha value is -3.56. The number of carbonyl (C=O) groups is 1. The molecule has 2 aromatic carbocycles. The van der Waals surface area contributed by atoms with Crippen molar-refractivity contribution in [3.05, 3.63) is 64.2 Å². The second-order valence-electron chi connectivity index (χ2n) is 8.20. The summed E-state index contributed by atoms with van der Waals surface area (Å²) in [4.78, 5) is 11.3. The summed E-state index contributed by atoms with van der Waals surface area (Å²) >= 11 is 6.24. The van der Waals surface area contributed by atoms with Crippen LogP contribution in [0.2, 0.25) is 5.02 Å². The maximum absolute atomic E-state index is 12.5. The van der Waals surface area contributed by atoms with Gasteiger partial charge in [0.1, 0.15) is 23.9 Å². The zero-order chi connectivity index (χ0) is 29.9. The van der Waals surface area contributed by atoms with E-state index in [-0.39, 0.29) is 41.7 Å². The van der Waals surface area contributed by atoms with E-state index >= 15 is 0 Å². The molecule has 40 heavy (non-hydrogen) atoms. The van der Waals surface area contributed by atoms with Crippen molar-refractivity contribution in [2.24, 2.45) is 0 Å². The van der Waals surface area contributed by atoms with Crippen LogP contribution >= 0.6 is 11.6 Å². The molecule has 0 bridgehead atoms. The largest absolute Gasteiger partial charge is 0.488 e. The van der Waals surface area contributed by atoms with Gasteiger partial charge in [0.05, 0.1) is 5.02 Å². The first-order valence-electron chi connectivity index (χ1n) is 11.6. The number of allylic oxidation sites excluding steroid dienone is 1. The lowest BCUT2D eigenvalue weighted by molar-refractivity contribution is -0.154. The van der Waals surface area contributed by atoms with Crippen LogP contribution in [0.3, 0.4) is 0 Å². The normalized spacial score (nSPS) is 12.8. The van der Waals surface area contributed by atoms with Crippen molar-refractivity contribution in [2.45, 2.75) is 38.7 Å². The van der Waals surface area contributed by atoms with Crippen LogP contribution in [0.25, 0.3) is 0 Å². The topological polar surface area (TPSA) is 74.2 Å². The zero-order valence-corrected chi connectivity index (χ0v) is 22.0. The molecule has 0 amide bonds. The van der Waals surface area contributed by atoms with E-state index in [1.54, 1.807) is 38.1 Å². The van der Waals surface area contributed by atoms with Gasteiger partial charge in [0.25, 0.3) is 0 Å². The van der Waals surface area contributed by atoms with Crippen LogP contribution in [0.1, 0.15) is 25.0 Å². The van der Waals surface area contributed by atoms with Gasteiger partial charge in [-0.2, -0.15) is 26.3 Å². The molecule has 0 aliphatic carbocycles. The lowest BCUT2D eigenvalue weighted by atomic mass is 10.1. The van der Waals surface area contributed by atoms with E-state index in [1.807, 2.05) is 0 Å². The number of hydrogen-bond donors (Lipinski definition) is 1. The number of hydrogen-bond acceptors (Lipinski definition) is 5. The molecule has 0 saturated heterocycles. The number of aliphatic carboxylic acids is 1. The van der Waals surface area contributed by atoms with E-state index < -0.39 is 37.6 Å². The predicted octanol–water partition coefficient (Wildman–Crippen LogP) is 6.63. The number of halogens is 7. The van der Waals surface area contributed by atoms with E-state index in [1.165, 1.54) is 0 Å². The third-order valence-electron chi connectivity index (χ3n) is 4.78. The summed E-state index contributed by atoms with van der Waals surface area (Å²) in [5.41, 5.74) is 1.18. The third-order valence-corrected chi connectivity index (χ3v) is 5.07. The predicted molar refractivity (Wildman–Crippen MR) is 134 cm³/mol. The standard InChI is InChI=1S/C27H25ClF6O6/c1-3-37-24(25(35)36)13-19-6-7-23(22(28)12-19)38-9-8-17(2)4-5-18-10-20(39-15-26(29,30)31)14-21(11-18)40-16-27(32,33)34/h6-8,10-12,14,24H,3,9,13,15-16H2,1-2H3,(H,35,36)/b17-8-/t24-/m0/s1. The van der Waals surface area contributed by atoms with Gasteiger partial charge in [-0.25, -0.2) is 4.79 Å². The molecule has 13 heteroatoms. The van der Waals surface area contributed by atoms with Gasteiger partial charge in [0.2, 0.25) is 0 Å². The number of ether oxygens (including phenoxy) is 4. The van der Waals surface area contributed by atoms with Crippen LogP contribution in [0.4, 0.5) is 26.3 Å². The molecule has 1 N–H and O–H groups in total. The van der Waals surface area contributed by atoms with Crippen LogP contribution in [-0.4, -0.2) is 56.0 Å². The molecule has 6 nitrogen and oxygen atoms in total. The number of benzene rings is 2. The van der Waals surface area contributed by atoms with E-state index in [2.05, 4.69) is 21.3 Å². The highest BCUT2D eigenvalue weighted by Crippen LogP contribution is 2.28. The van der Waals surface area contributed by atoms with Crippen molar-refractivity contribution >= 4 is 17.6 Å². The lowest BCUT2D eigenvalue weighted by Crippen LogP contribution is -2.26. The first-order valence-corrected chi connectivity index (χ1v) is 12.0. The summed E-state index contributed by atoms with van der Waals surface area (Å²) in [7, 11) is 0. The molecular formula is C27H25ClF6O6. The van der Waals surface area contributed by atoms with Crippen molar-refractivity contribution in [3.63, 3.8) is 0 Å². The highest BCUT2D eigenvalue weighted by atomic mass is 35.5. The number of carboxylic acids is 1.